The van der Waals surface area contributed by atoms with E-state index in [2.05, 4.69) is 15.3 Å². The molecule has 6 heteroatoms. The van der Waals surface area contributed by atoms with Crippen LogP contribution in [0.15, 0.2) is 67.0 Å². The summed E-state index contributed by atoms with van der Waals surface area (Å²) in [5, 5.41) is 3.25. The lowest BCUT2D eigenvalue weighted by molar-refractivity contribution is -0.130. The highest BCUT2D eigenvalue weighted by molar-refractivity contribution is 5.73. The monoisotopic (exact) mass is 388 g/mol. The molecule has 148 valence electrons. The van der Waals surface area contributed by atoms with Crippen LogP contribution in [0.4, 0.5) is 11.5 Å². The Hall–Kier alpha value is -3.41. The number of rotatable bonds is 5. The first kappa shape index (κ1) is 18.9. The second-order valence-electron chi connectivity index (χ2n) is 7.17. The summed E-state index contributed by atoms with van der Waals surface area (Å²) < 4.78 is 6.11. The van der Waals surface area contributed by atoms with Gasteiger partial charge in [-0.2, -0.15) is 0 Å². The maximum Gasteiger partial charge on any atom is 0.222 e. The number of benzene rings is 1. The molecule has 0 radical (unpaired) electrons. The highest BCUT2D eigenvalue weighted by Gasteiger charge is 2.25. The van der Waals surface area contributed by atoms with Crippen molar-refractivity contribution < 1.29 is 9.53 Å². The maximum absolute atomic E-state index is 11.8. The van der Waals surface area contributed by atoms with Crippen LogP contribution in [0.5, 0.6) is 11.6 Å². The van der Waals surface area contributed by atoms with Crippen LogP contribution in [0.3, 0.4) is 0 Å². The van der Waals surface area contributed by atoms with Gasteiger partial charge in [0.05, 0.1) is 0 Å². The van der Waals surface area contributed by atoms with E-state index in [1.807, 2.05) is 59.5 Å². The van der Waals surface area contributed by atoms with Crippen molar-refractivity contribution in [3.8, 4) is 11.6 Å². The number of ether oxygens (including phenoxy) is 1. The summed E-state index contributed by atoms with van der Waals surface area (Å²) in [7, 11) is 0. The fourth-order valence-corrected chi connectivity index (χ4v) is 3.62. The van der Waals surface area contributed by atoms with Gasteiger partial charge in [0.1, 0.15) is 11.6 Å². The van der Waals surface area contributed by atoms with Crippen molar-refractivity contribution in [3.63, 3.8) is 0 Å². The molecular formula is C23H24N4O2. The summed E-state index contributed by atoms with van der Waals surface area (Å²) >= 11 is 0. The number of amides is 1. The van der Waals surface area contributed by atoms with E-state index in [4.69, 9.17) is 4.74 Å². The first-order chi connectivity index (χ1) is 14.2. The first-order valence-electron chi connectivity index (χ1n) is 9.85. The van der Waals surface area contributed by atoms with Crippen molar-refractivity contribution in [2.45, 2.75) is 25.7 Å². The lowest BCUT2D eigenvalue weighted by Crippen LogP contribution is -2.37. The van der Waals surface area contributed by atoms with Crippen LogP contribution in [-0.4, -0.2) is 33.9 Å². The summed E-state index contributed by atoms with van der Waals surface area (Å²) in [6.07, 6.45) is 5.51. The Morgan fingerprint density at radius 3 is 2.66 bits per heavy atom. The number of nitrogens with one attached hydrogen (secondary N) is 1. The molecule has 1 aliphatic heterocycles. The van der Waals surface area contributed by atoms with E-state index < -0.39 is 0 Å². The zero-order valence-corrected chi connectivity index (χ0v) is 16.4. The number of hydrogen-bond acceptors (Lipinski definition) is 5. The van der Waals surface area contributed by atoms with Crippen LogP contribution in [0.1, 0.15) is 31.2 Å². The molecule has 1 aliphatic rings. The summed E-state index contributed by atoms with van der Waals surface area (Å²) in [6, 6.07) is 17.4. The third-order valence-corrected chi connectivity index (χ3v) is 5.11. The molecule has 0 unspecified atom stereocenters. The Morgan fingerprint density at radius 1 is 1.07 bits per heavy atom. The number of aromatic nitrogens is 2. The molecule has 4 rings (SSSR count). The zero-order chi connectivity index (χ0) is 20.1. The normalized spacial score (nSPS) is 16.3. The molecule has 1 atom stereocenters. The van der Waals surface area contributed by atoms with Crippen LogP contribution in [0.25, 0.3) is 0 Å². The number of carbonyl (C=O) groups excluding carboxylic acids is 1. The van der Waals surface area contributed by atoms with Gasteiger partial charge in [-0.1, -0.05) is 12.1 Å². The average molecular weight is 388 g/mol. The van der Waals surface area contributed by atoms with Gasteiger partial charge in [-0.25, -0.2) is 9.97 Å². The molecule has 0 aliphatic carbocycles. The fraction of sp³-hybridized carbons (Fsp3) is 0.261. The Kier molecular flexibility index (Phi) is 5.70. The fourth-order valence-electron chi connectivity index (χ4n) is 3.62. The molecule has 1 amide bonds. The highest BCUT2D eigenvalue weighted by atomic mass is 16.5. The number of piperidine rings is 1. The molecule has 3 heterocycles. The second-order valence-corrected chi connectivity index (χ2v) is 7.17. The van der Waals surface area contributed by atoms with Crippen molar-refractivity contribution >= 4 is 17.4 Å². The predicted octanol–water partition coefficient (Wildman–Crippen LogP) is 4.74. The van der Waals surface area contributed by atoms with Crippen LogP contribution in [0, 0.1) is 0 Å². The quantitative estimate of drug-likeness (QED) is 0.684. The lowest BCUT2D eigenvalue weighted by Gasteiger charge is -2.32. The predicted molar refractivity (Wildman–Crippen MR) is 113 cm³/mol. The van der Waals surface area contributed by atoms with Gasteiger partial charge in [-0.3, -0.25) is 4.79 Å². The highest BCUT2D eigenvalue weighted by Crippen LogP contribution is 2.34. The van der Waals surface area contributed by atoms with Crippen LogP contribution in [0.2, 0.25) is 0 Å². The van der Waals surface area contributed by atoms with E-state index in [1.165, 1.54) is 0 Å². The van der Waals surface area contributed by atoms with Crippen molar-refractivity contribution in [3.05, 3.63) is 72.6 Å². The van der Waals surface area contributed by atoms with E-state index in [0.717, 1.165) is 42.2 Å². The molecule has 0 saturated carbocycles. The van der Waals surface area contributed by atoms with Crippen molar-refractivity contribution in [2.75, 3.05) is 18.4 Å². The topological polar surface area (TPSA) is 67.4 Å². The number of pyridine rings is 2. The van der Waals surface area contributed by atoms with Gasteiger partial charge in [0.25, 0.3) is 0 Å². The Morgan fingerprint density at radius 2 is 1.90 bits per heavy atom. The molecule has 2 aromatic heterocycles. The van der Waals surface area contributed by atoms with E-state index in [9.17, 15) is 4.79 Å². The standard InChI is InChI=1S/C23H24N4O2/c1-17(28)27-15-5-6-18(16-27)21-7-4-14-25-23(21)29-20-11-9-19(10-12-20)26-22-8-2-3-13-24-22/h2-4,7-14,18H,5-6,15-16H2,1H3,(H,24,26)/t18-/m1/s1. The van der Waals surface area contributed by atoms with Gasteiger partial charge in [0.2, 0.25) is 11.8 Å². The third-order valence-electron chi connectivity index (χ3n) is 5.11. The van der Waals surface area contributed by atoms with Gasteiger partial charge in [0, 0.05) is 49.6 Å². The zero-order valence-electron chi connectivity index (χ0n) is 16.4. The van der Waals surface area contributed by atoms with Gasteiger partial charge >= 0.3 is 0 Å². The van der Waals surface area contributed by atoms with Gasteiger partial charge < -0.3 is 15.0 Å². The molecule has 1 N–H and O–H groups in total. The number of carbonyl (C=O) groups is 1. The smallest absolute Gasteiger partial charge is 0.222 e. The van der Waals surface area contributed by atoms with Crippen molar-refractivity contribution in [1.82, 2.24) is 14.9 Å². The average Bonchev–Trinajstić information content (AvgIpc) is 2.76. The molecule has 29 heavy (non-hydrogen) atoms. The number of anilines is 2. The molecule has 0 bridgehead atoms. The van der Waals surface area contributed by atoms with Gasteiger partial charge in [-0.15, -0.1) is 0 Å². The minimum absolute atomic E-state index is 0.122. The molecule has 1 saturated heterocycles. The summed E-state index contributed by atoms with van der Waals surface area (Å²) in [6.45, 7) is 3.17. The van der Waals surface area contributed by atoms with Gasteiger partial charge in [0.15, 0.2) is 0 Å². The molecule has 1 fully saturated rings. The molecular weight excluding hydrogens is 364 g/mol. The first-order valence-corrected chi connectivity index (χ1v) is 9.85. The largest absolute Gasteiger partial charge is 0.439 e. The SMILES string of the molecule is CC(=O)N1CCC[C@@H](c2cccnc2Oc2ccc(Nc3ccccn3)cc2)C1. The van der Waals surface area contributed by atoms with E-state index in [-0.39, 0.29) is 11.8 Å². The Labute approximate surface area is 170 Å². The van der Waals surface area contributed by atoms with E-state index in [0.29, 0.717) is 12.4 Å². The number of nitrogens with zero attached hydrogens (tertiary/aromatic N) is 3. The molecule has 1 aromatic carbocycles. The summed E-state index contributed by atoms with van der Waals surface area (Å²) in [5.74, 6) is 2.48. The Balaban J connectivity index is 1.48. The Bertz CT molecular complexity index is 960. The number of likely N-dealkylation sites (tertiary alicyclic amines) is 1. The molecule has 6 nitrogen and oxygen atoms in total. The van der Waals surface area contributed by atoms with Crippen molar-refractivity contribution in [2.24, 2.45) is 0 Å². The molecule has 3 aromatic rings. The summed E-state index contributed by atoms with van der Waals surface area (Å²) in [5.41, 5.74) is 1.98. The van der Waals surface area contributed by atoms with Crippen molar-refractivity contribution in [1.29, 1.82) is 0 Å². The summed E-state index contributed by atoms with van der Waals surface area (Å²) in [4.78, 5) is 22.4. The maximum atomic E-state index is 11.8. The minimum Gasteiger partial charge on any atom is -0.439 e. The van der Waals surface area contributed by atoms with Gasteiger partial charge in [-0.05, 0) is 55.3 Å². The number of hydrogen-bond donors (Lipinski definition) is 1. The third kappa shape index (κ3) is 4.71. The minimum atomic E-state index is 0.122. The lowest BCUT2D eigenvalue weighted by atomic mass is 9.91. The van der Waals surface area contributed by atoms with Crippen LogP contribution < -0.4 is 10.1 Å². The van der Waals surface area contributed by atoms with E-state index in [1.54, 1.807) is 19.3 Å². The second kappa shape index (κ2) is 8.73. The molecule has 0 spiro atoms. The van der Waals surface area contributed by atoms with E-state index >= 15 is 0 Å². The van der Waals surface area contributed by atoms with Crippen LogP contribution in [-0.2, 0) is 4.79 Å². The van der Waals surface area contributed by atoms with Crippen LogP contribution >= 0.6 is 0 Å².